The summed E-state index contributed by atoms with van der Waals surface area (Å²) in [5.74, 6) is -0.225. The van der Waals surface area contributed by atoms with Crippen molar-refractivity contribution in [1.29, 1.82) is 0 Å². The van der Waals surface area contributed by atoms with Crippen LogP contribution in [0.3, 0.4) is 0 Å². The van der Waals surface area contributed by atoms with E-state index in [9.17, 15) is 4.79 Å². The highest BCUT2D eigenvalue weighted by Gasteiger charge is 2.16. The Morgan fingerprint density at radius 1 is 1.50 bits per heavy atom. The van der Waals surface area contributed by atoms with Gasteiger partial charge >= 0.3 is 0 Å². The number of aromatic nitrogens is 2. The van der Waals surface area contributed by atoms with Crippen molar-refractivity contribution in [2.45, 2.75) is 26.2 Å². The molecule has 2 aromatic rings. The Bertz CT molecular complexity index is 593. The monoisotopic (exact) mass is 356 g/mol. The normalized spacial score (nSPS) is 10.7. The van der Waals surface area contributed by atoms with Gasteiger partial charge in [-0.25, -0.2) is 0 Å². The Morgan fingerprint density at radius 2 is 2.30 bits per heavy atom. The number of thiophene rings is 1. The molecule has 7 heteroatoms. The number of hydrogen-bond acceptors (Lipinski definition) is 4. The van der Waals surface area contributed by atoms with E-state index in [4.69, 9.17) is 5.73 Å². The zero-order chi connectivity index (χ0) is 14.5. The molecule has 0 unspecified atom stereocenters. The average molecular weight is 357 g/mol. The largest absolute Gasteiger partial charge is 0.395 e. The van der Waals surface area contributed by atoms with Crippen molar-refractivity contribution in [3.63, 3.8) is 0 Å². The van der Waals surface area contributed by atoms with Gasteiger partial charge in [0.05, 0.1) is 15.2 Å². The van der Waals surface area contributed by atoms with Crippen molar-refractivity contribution < 1.29 is 4.79 Å². The third-order valence-electron chi connectivity index (χ3n) is 2.88. The van der Waals surface area contributed by atoms with E-state index in [0.29, 0.717) is 17.9 Å². The highest BCUT2D eigenvalue weighted by atomic mass is 79.9. The number of carbonyl (C=O) groups excluding carboxylic acids is 1. The first-order valence-corrected chi connectivity index (χ1v) is 8.08. The highest BCUT2D eigenvalue weighted by Crippen LogP contribution is 2.22. The van der Waals surface area contributed by atoms with Gasteiger partial charge in [0.25, 0.3) is 5.91 Å². The fourth-order valence-corrected chi connectivity index (χ4v) is 3.35. The van der Waals surface area contributed by atoms with Gasteiger partial charge in [0, 0.05) is 11.4 Å². The zero-order valence-electron chi connectivity index (χ0n) is 11.2. The van der Waals surface area contributed by atoms with Crippen molar-refractivity contribution in [3.8, 4) is 0 Å². The molecule has 108 valence electrons. The van der Waals surface area contributed by atoms with Crippen LogP contribution in [0.2, 0.25) is 0 Å². The van der Waals surface area contributed by atoms with Gasteiger partial charge in [-0.1, -0.05) is 13.3 Å². The lowest BCUT2D eigenvalue weighted by Crippen LogP contribution is -2.26. The number of nitrogens with two attached hydrogens (primary N) is 1. The third-order valence-corrected chi connectivity index (χ3v) is 4.57. The standard InChI is InChI=1S/C13H17BrN4OS/c1-2-3-9-11(15)12(18-17-9)13(19)16-7-6-8-4-5-10(14)20-8/h4-5H,2-3,6-7,15H2,1H3,(H,16,19)(H,17,18). The molecule has 1 amide bonds. The van der Waals surface area contributed by atoms with Gasteiger partial charge in [-0.3, -0.25) is 9.89 Å². The van der Waals surface area contributed by atoms with Crippen LogP contribution in [-0.2, 0) is 12.8 Å². The van der Waals surface area contributed by atoms with E-state index >= 15 is 0 Å². The second kappa shape index (κ2) is 6.90. The molecule has 5 nitrogen and oxygen atoms in total. The average Bonchev–Trinajstić information content (AvgIpc) is 2.98. The fourth-order valence-electron chi connectivity index (χ4n) is 1.87. The van der Waals surface area contributed by atoms with E-state index in [2.05, 4.69) is 38.4 Å². The number of anilines is 1. The van der Waals surface area contributed by atoms with Gasteiger partial charge in [-0.05, 0) is 40.9 Å². The maximum atomic E-state index is 12.0. The van der Waals surface area contributed by atoms with E-state index in [0.717, 1.165) is 28.7 Å². The van der Waals surface area contributed by atoms with Gasteiger partial charge in [0.1, 0.15) is 0 Å². The van der Waals surface area contributed by atoms with Crippen molar-refractivity contribution in [2.24, 2.45) is 0 Å². The Labute approximate surface area is 130 Å². The maximum absolute atomic E-state index is 12.0. The SMILES string of the molecule is CCCc1[nH]nc(C(=O)NCCc2ccc(Br)s2)c1N. The molecular formula is C13H17BrN4OS. The lowest BCUT2D eigenvalue weighted by molar-refractivity contribution is 0.0950. The number of amides is 1. The van der Waals surface area contributed by atoms with Crippen LogP contribution >= 0.6 is 27.3 Å². The molecule has 2 rings (SSSR count). The van der Waals surface area contributed by atoms with E-state index < -0.39 is 0 Å². The molecule has 0 aromatic carbocycles. The Kier molecular flexibility index (Phi) is 5.19. The molecular weight excluding hydrogens is 340 g/mol. The number of nitrogens with zero attached hydrogens (tertiary/aromatic N) is 1. The van der Waals surface area contributed by atoms with Crippen LogP contribution < -0.4 is 11.1 Å². The first-order valence-electron chi connectivity index (χ1n) is 6.47. The quantitative estimate of drug-likeness (QED) is 0.743. The number of nitrogens with one attached hydrogen (secondary N) is 2. The molecule has 0 fully saturated rings. The zero-order valence-corrected chi connectivity index (χ0v) is 13.6. The smallest absolute Gasteiger partial charge is 0.273 e. The molecule has 2 aromatic heterocycles. The van der Waals surface area contributed by atoms with Gasteiger partial charge in [0.15, 0.2) is 5.69 Å². The number of H-pyrrole nitrogens is 1. The van der Waals surface area contributed by atoms with Crippen LogP contribution in [0.25, 0.3) is 0 Å². The molecule has 0 aliphatic carbocycles. The number of nitrogen functional groups attached to an aromatic ring is 1. The van der Waals surface area contributed by atoms with Crippen molar-refractivity contribution in [3.05, 3.63) is 32.2 Å². The fraction of sp³-hybridized carbons (Fsp3) is 0.385. The Balaban J connectivity index is 1.88. The number of aryl methyl sites for hydroxylation is 1. The second-order valence-corrected chi connectivity index (χ2v) is 6.97. The predicted molar refractivity (Wildman–Crippen MR) is 85.1 cm³/mol. The lowest BCUT2D eigenvalue weighted by Gasteiger charge is -2.03. The number of rotatable bonds is 6. The maximum Gasteiger partial charge on any atom is 0.273 e. The third kappa shape index (κ3) is 3.61. The van der Waals surface area contributed by atoms with Gasteiger partial charge in [-0.2, -0.15) is 5.10 Å². The van der Waals surface area contributed by atoms with Gasteiger partial charge in [0.2, 0.25) is 0 Å². The highest BCUT2D eigenvalue weighted by molar-refractivity contribution is 9.11. The van der Waals surface area contributed by atoms with Crippen LogP contribution in [0.1, 0.15) is 34.4 Å². The van der Waals surface area contributed by atoms with E-state index in [-0.39, 0.29) is 5.91 Å². The number of aromatic amines is 1. The summed E-state index contributed by atoms with van der Waals surface area (Å²) >= 11 is 5.09. The van der Waals surface area contributed by atoms with Crippen LogP contribution in [0.15, 0.2) is 15.9 Å². The van der Waals surface area contributed by atoms with E-state index in [1.54, 1.807) is 11.3 Å². The summed E-state index contributed by atoms with van der Waals surface area (Å²) in [6, 6.07) is 4.05. The summed E-state index contributed by atoms with van der Waals surface area (Å²) in [5, 5.41) is 9.67. The summed E-state index contributed by atoms with van der Waals surface area (Å²) in [4.78, 5) is 13.2. The number of carbonyl (C=O) groups is 1. The van der Waals surface area contributed by atoms with Crippen LogP contribution in [0.5, 0.6) is 0 Å². The summed E-state index contributed by atoms with van der Waals surface area (Å²) in [6.07, 6.45) is 2.56. The van der Waals surface area contributed by atoms with Gasteiger partial charge < -0.3 is 11.1 Å². The summed E-state index contributed by atoms with van der Waals surface area (Å²) < 4.78 is 1.10. The summed E-state index contributed by atoms with van der Waals surface area (Å²) in [6.45, 7) is 2.63. The molecule has 0 spiro atoms. The van der Waals surface area contributed by atoms with Crippen molar-refractivity contribution in [2.75, 3.05) is 12.3 Å². The summed E-state index contributed by atoms with van der Waals surface area (Å²) in [7, 11) is 0. The summed E-state index contributed by atoms with van der Waals surface area (Å²) in [5.41, 5.74) is 7.50. The van der Waals surface area contributed by atoms with Crippen molar-refractivity contribution in [1.82, 2.24) is 15.5 Å². The minimum Gasteiger partial charge on any atom is -0.395 e. The molecule has 0 atom stereocenters. The first-order chi connectivity index (χ1) is 9.61. The molecule has 0 bridgehead atoms. The molecule has 0 saturated carbocycles. The molecule has 0 aliphatic rings. The van der Waals surface area contributed by atoms with E-state index in [1.165, 1.54) is 4.88 Å². The van der Waals surface area contributed by atoms with Crippen LogP contribution in [0.4, 0.5) is 5.69 Å². The topological polar surface area (TPSA) is 83.8 Å². The number of hydrogen-bond donors (Lipinski definition) is 3. The second-order valence-electron chi connectivity index (χ2n) is 4.43. The molecule has 2 heterocycles. The Morgan fingerprint density at radius 3 is 2.95 bits per heavy atom. The van der Waals surface area contributed by atoms with Crippen LogP contribution in [0, 0.1) is 0 Å². The van der Waals surface area contributed by atoms with Gasteiger partial charge in [-0.15, -0.1) is 11.3 Å². The van der Waals surface area contributed by atoms with E-state index in [1.807, 2.05) is 12.1 Å². The molecule has 4 N–H and O–H groups in total. The van der Waals surface area contributed by atoms with Crippen molar-refractivity contribution >= 4 is 38.9 Å². The van der Waals surface area contributed by atoms with Crippen LogP contribution in [-0.4, -0.2) is 22.6 Å². The molecule has 0 aliphatic heterocycles. The molecule has 0 saturated heterocycles. The number of halogens is 1. The molecule has 0 radical (unpaired) electrons. The minimum absolute atomic E-state index is 0.225. The predicted octanol–water partition coefficient (Wildman–Crippen LogP) is 2.74. The minimum atomic E-state index is -0.225. The first kappa shape index (κ1) is 15.1. The lowest BCUT2D eigenvalue weighted by atomic mass is 10.2. The molecule has 20 heavy (non-hydrogen) atoms. The Hall–Kier alpha value is -1.34.